The highest BCUT2D eigenvalue weighted by molar-refractivity contribution is 7.89. The summed E-state index contributed by atoms with van der Waals surface area (Å²) in [5.74, 6) is 0.0000335. The third-order valence-corrected chi connectivity index (χ3v) is 6.73. The van der Waals surface area contributed by atoms with E-state index < -0.39 is 10.0 Å². The molecule has 0 unspecified atom stereocenters. The van der Waals surface area contributed by atoms with Gasteiger partial charge in [0.05, 0.1) is 11.4 Å². The topological polar surface area (TPSA) is 69.7 Å². The summed E-state index contributed by atoms with van der Waals surface area (Å²) in [5.41, 5.74) is 1.82. The number of carbonyl (C=O) groups excluding carboxylic acids is 1. The third-order valence-electron chi connectivity index (χ3n) is 4.67. The second-order valence-corrected chi connectivity index (χ2v) is 8.73. The summed E-state index contributed by atoms with van der Waals surface area (Å²) in [5, 5.41) is 2.94. The fraction of sp³-hybridized carbons (Fsp3) is 0.611. The molecule has 2 rings (SSSR count). The molecule has 1 heterocycles. The van der Waals surface area contributed by atoms with Crippen molar-refractivity contribution in [3.63, 3.8) is 0 Å². The van der Waals surface area contributed by atoms with Gasteiger partial charge in [-0.25, -0.2) is 8.42 Å². The van der Waals surface area contributed by atoms with Crippen LogP contribution in [-0.4, -0.2) is 62.3 Å². The summed E-state index contributed by atoms with van der Waals surface area (Å²) in [7, 11) is -3.48. The van der Waals surface area contributed by atoms with Crippen LogP contribution >= 0.6 is 0 Å². The number of rotatable bonds is 6. The summed E-state index contributed by atoms with van der Waals surface area (Å²) in [6.07, 6.45) is 0.896. The Morgan fingerprint density at radius 2 is 1.84 bits per heavy atom. The molecule has 0 spiro atoms. The molecule has 1 amide bonds. The van der Waals surface area contributed by atoms with Crippen molar-refractivity contribution in [2.45, 2.75) is 45.1 Å². The van der Waals surface area contributed by atoms with Crippen LogP contribution in [0.2, 0.25) is 0 Å². The molecule has 0 bridgehead atoms. The van der Waals surface area contributed by atoms with Crippen LogP contribution in [0.1, 0.15) is 31.4 Å². The molecule has 1 aromatic carbocycles. The average Bonchev–Trinajstić information content (AvgIpc) is 2.54. The first kappa shape index (κ1) is 19.9. The number of amides is 1. The normalized spacial score (nSPS) is 18.1. The Labute approximate surface area is 151 Å². The minimum atomic E-state index is -3.48. The van der Waals surface area contributed by atoms with E-state index in [0.717, 1.165) is 17.5 Å². The van der Waals surface area contributed by atoms with Crippen LogP contribution in [0.5, 0.6) is 0 Å². The van der Waals surface area contributed by atoms with Gasteiger partial charge in [0.1, 0.15) is 0 Å². The van der Waals surface area contributed by atoms with Crippen molar-refractivity contribution in [1.29, 1.82) is 0 Å². The quantitative estimate of drug-likeness (QED) is 0.828. The maximum Gasteiger partial charge on any atom is 0.243 e. The van der Waals surface area contributed by atoms with Crippen LogP contribution in [0.3, 0.4) is 0 Å². The summed E-state index contributed by atoms with van der Waals surface area (Å²) >= 11 is 0. The van der Waals surface area contributed by atoms with Crippen LogP contribution in [0.15, 0.2) is 23.1 Å². The number of hydrogen-bond acceptors (Lipinski definition) is 4. The largest absolute Gasteiger partial charge is 0.353 e. The van der Waals surface area contributed by atoms with Gasteiger partial charge in [-0.15, -0.1) is 0 Å². The van der Waals surface area contributed by atoms with Gasteiger partial charge in [0.15, 0.2) is 0 Å². The van der Waals surface area contributed by atoms with E-state index in [1.807, 2.05) is 44.7 Å². The van der Waals surface area contributed by atoms with Crippen molar-refractivity contribution in [3.05, 3.63) is 29.3 Å². The third kappa shape index (κ3) is 5.03. The second kappa shape index (κ2) is 8.29. The van der Waals surface area contributed by atoms with E-state index >= 15 is 0 Å². The van der Waals surface area contributed by atoms with E-state index in [1.54, 1.807) is 6.07 Å². The van der Waals surface area contributed by atoms with Crippen molar-refractivity contribution in [3.8, 4) is 0 Å². The van der Waals surface area contributed by atoms with E-state index in [9.17, 15) is 13.2 Å². The highest BCUT2D eigenvalue weighted by atomic mass is 32.2. The predicted molar refractivity (Wildman–Crippen MR) is 99.0 cm³/mol. The molecule has 0 radical (unpaired) electrons. The molecule has 1 saturated heterocycles. The maximum atomic E-state index is 12.9. The van der Waals surface area contributed by atoms with Crippen LogP contribution in [-0.2, 0) is 14.8 Å². The Bertz CT molecular complexity index is 710. The molecule has 7 heteroatoms. The molecule has 0 aromatic heterocycles. The fourth-order valence-corrected chi connectivity index (χ4v) is 4.61. The number of carbonyl (C=O) groups is 1. The average molecular weight is 368 g/mol. The molecule has 0 aliphatic carbocycles. The molecule has 1 aromatic rings. The van der Waals surface area contributed by atoms with Gasteiger partial charge in [-0.05, 0) is 38.8 Å². The second-order valence-electron chi connectivity index (χ2n) is 6.83. The van der Waals surface area contributed by atoms with Gasteiger partial charge in [0.25, 0.3) is 0 Å². The Morgan fingerprint density at radius 1 is 1.20 bits per heavy atom. The van der Waals surface area contributed by atoms with Gasteiger partial charge in [-0.3, -0.25) is 9.69 Å². The summed E-state index contributed by atoms with van der Waals surface area (Å²) in [6, 6.07) is 5.57. The Morgan fingerprint density at radius 3 is 2.40 bits per heavy atom. The van der Waals surface area contributed by atoms with E-state index in [0.29, 0.717) is 37.6 Å². The molecule has 6 nitrogen and oxygen atoms in total. The van der Waals surface area contributed by atoms with Crippen molar-refractivity contribution in [1.82, 2.24) is 14.5 Å². The monoisotopic (exact) mass is 367 g/mol. The van der Waals surface area contributed by atoms with Crippen molar-refractivity contribution in [2.75, 3.05) is 32.7 Å². The first-order valence-electron chi connectivity index (χ1n) is 8.83. The smallest absolute Gasteiger partial charge is 0.243 e. The van der Waals surface area contributed by atoms with Crippen LogP contribution in [0, 0.1) is 13.8 Å². The number of sulfonamides is 1. The molecule has 0 saturated carbocycles. The first-order chi connectivity index (χ1) is 11.7. The minimum Gasteiger partial charge on any atom is -0.353 e. The standard InChI is InChI=1S/C18H29N3O3S/c1-5-16(4)19-18(22)13-20-8-10-21(11-9-20)25(23,24)17-7-6-14(2)12-15(17)3/h6-7,12,16H,5,8-11,13H2,1-4H3,(H,19,22)/t16-/m0/s1. The van der Waals surface area contributed by atoms with Gasteiger partial charge in [0.2, 0.25) is 15.9 Å². The van der Waals surface area contributed by atoms with Crippen molar-refractivity contribution >= 4 is 15.9 Å². The van der Waals surface area contributed by atoms with Crippen LogP contribution in [0.25, 0.3) is 0 Å². The zero-order valence-corrected chi connectivity index (χ0v) is 16.4. The van der Waals surface area contributed by atoms with Crippen molar-refractivity contribution < 1.29 is 13.2 Å². The Kier molecular flexibility index (Phi) is 6.59. The lowest BCUT2D eigenvalue weighted by molar-refractivity contribution is -0.123. The zero-order valence-electron chi connectivity index (χ0n) is 15.6. The molecule has 1 aliphatic rings. The van der Waals surface area contributed by atoms with E-state index in [1.165, 1.54) is 4.31 Å². The summed E-state index contributed by atoms with van der Waals surface area (Å²) in [4.78, 5) is 14.4. The number of benzene rings is 1. The Balaban J connectivity index is 1.96. The molecular formula is C18H29N3O3S. The lowest BCUT2D eigenvalue weighted by atomic mass is 10.2. The first-order valence-corrected chi connectivity index (χ1v) is 10.3. The Hall–Kier alpha value is -1.44. The molecule has 25 heavy (non-hydrogen) atoms. The number of hydrogen-bond donors (Lipinski definition) is 1. The lowest BCUT2D eigenvalue weighted by Crippen LogP contribution is -2.51. The van der Waals surface area contributed by atoms with E-state index in [2.05, 4.69) is 5.32 Å². The van der Waals surface area contributed by atoms with Gasteiger partial charge < -0.3 is 5.32 Å². The fourth-order valence-electron chi connectivity index (χ4n) is 2.98. The number of aryl methyl sites for hydroxylation is 2. The molecular weight excluding hydrogens is 338 g/mol. The van der Waals surface area contributed by atoms with Crippen LogP contribution in [0.4, 0.5) is 0 Å². The number of nitrogens with one attached hydrogen (secondary N) is 1. The highest BCUT2D eigenvalue weighted by Crippen LogP contribution is 2.22. The van der Waals surface area contributed by atoms with Crippen LogP contribution < -0.4 is 5.32 Å². The van der Waals surface area contributed by atoms with Gasteiger partial charge in [0, 0.05) is 32.2 Å². The van der Waals surface area contributed by atoms with Crippen molar-refractivity contribution in [2.24, 2.45) is 0 Å². The minimum absolute atomic E-state index is 0.0000335. The van der Waals surface area contributed by atoms with E-state index in [-0.39, 0.29) is 11.9 Å². The predicted octanol–water partition coefficient (Wildman–Crippen LogP) is 1.52. The number of nitrogens with zero attached hydrogens (tertiary/aromatic N) is 2. The molecule has 1 fully saturated rings. The number of piperazine rings is 1. The molecule has 1 N–H and O–H groups in total. The van der Waals surface area contributed by atoms with Gasteiger partial charge >= 0.3 is 0 Å². The maximum absolute atomic E-state index is 12.9. The summed E-state index contributed by atoms with van der Waals surface area (Å²) in [6.45, 7) is 10.1. The SMILES string of the molecule is CC[C@H](C)NC(=O)CN1CCN(S(=O)(=O)c2ccc(C)cc2C)CC1. The molecule has 1 aliphatic heterocycles. The summed E-state index contributed by atoms with van der Waals surface area (Å²) < 4.78 is 27.2. The van der Waals surface area contributed by atoms with Gasteiger partial charge in [-0.2, -0.15) is 4.31 Å². The zero-order chi connectivity index (χ0) is 18.6. The van der Waals surface area contributed by atoms with Gasteiger partial charge in [-0.1, -0.05) is 24.6 Å². The highest BCUT2D eigenvalue weighted by Gasteiger charge is 2.30. The molecule has 1 atom stereocenters. The lowest BCUT2D eigenvalue weighted by Gasteiger charge is -2.34. The molecule has 140 valence electrons. The van der Waals surface area contributed by atoms with E-state index in [4.69, 9.17) is 0 Å².